The Bertz CT molecular complexity index is 824. The van der Waals surface area contributed by atoms with Gasteiger partial charge in [0.15, 0.2) is 0 Å². The molecule has 1 aliphatic heterocycles. The average Bonchev–Trinajstić information content (AvgIpc) is 3.06. The van der Waals surface area contributed by atoms with Crippen molar-refractivity contribution in [3.63, 3.8) is 0 Å². The fraction of sp³-hybridized carbons (Fsp3) is 0.200. The van der Waals surface area contributed by atoms with Gasteiger partial charge in [0.25, 0.3) is 5.69 Å². The summed E-state index contributed by atoms with van der Waals surface area (Å²) in [6.07, 6.45) is 0. The zero-order chi connectivity index (χ0) is 16.4. The standard InChI is InChI=1S/C15H14N2O4S2/c18-17(19)13-7-4-8-14(11-13)23(20,21)16-9-10-22-15(16)12-5-2-1-3-6-12/h1-8,11,15H,9-10H2/t15-/m1/s1. The molecule has 1 saturated heterocycles. The number of nitro groups is 1. The van der Waals surface area contributed by atoms with Crippen LogP contribution in [-0.4, -0.2) is 29.9 Å². The van der Waals surface area contributed by atoms with Crippen molar-refractivity contribution in [3.05, 3.63) is 70.3 Å². The SMILES string of the molecule is O=[N+]([O-])c1cccc(S(=O)(=O)N2CCS[C@@H]2c2ccccc2)c1. The van der Waals surface area contributed by atoms with E-state index in [0.717, 1.165) is 11.6 Å². The van der Waals surface area contributed by atoms with E-state index >= 15 is 0 Å². The molecule has 6 nitrogen and oxygen atoms in total. The fourth-order valence-corrected chi connectivity index (χ4v) is 5.76. The predicted octanol–water partition coefficient (Wildman–Crippen LogP) is 3.03. The zero-order valence-electron chi connectivity index (χ0n) is 12.0. The minimum absolute atomic E-state index is 0.0462. The van der Waals surface area contributed by atoms with E-state index < -0.39 is 14.9 Å². The second-order valence-electron chi connectivity index (χ2n) is 5.00. The molecular formula is C15H14N2O4S2. The van der Waals surface area contributed by atoms with Crippen molar-refractivity contribution in [1.29, 1.82) is 0 Å². The average molecular weight is 350 g/mol. The van der Waals surface area contributed by atoms with Crippen molar-refractivity contribution in [3.8, 4) is 0 Å². The van der Waals surface area contributed by atoms with Crippen LogP contribution in [0.1, 0.15) is 10.9 Å². The molecule has 0 saturated carbocycles. The van der Waals surface area contributed by atoms with E-state index in [1.54, 1.807) is 11.8 Å². The van der Waals surface area contributed by atoms with Crippen LogP contribution in [0.25, 0.3) is 0 Å². The maximum atomic E-state index is 12.9. The fourth-order valence-electron chi connectivity index (χ4n) is 2.47. The van der Waals surface area contributed by atoms with Crippen molar-refractivity contribution in [2.24, 2.45) is 0 Å². The highest BCUT2D eigenvalue weighted by Gasteiger charge is 2.37. The number of non-ortho nitro benzene ring substituents is 1. The van der Waals surface area contributed by atoms with Gasteiger partial charge in [-0.05, 0) is 11.6 Å². The molecule has 2 aromatic rings. The minimum Gasteiger partial charge on any atom is -0.258 e. The summed E-state index contributed by atoms with van der Waals surface area (Å²) >= 11 is 1.55. The molecule has 3 rings (SSSR count). The molecule has 23 heavy (non-hydrogen) atoms. The third kappa shape index (κ3) is 3.10. The Hall–Kier alpha value is -1.90. The summed E-state index contributed by atoms with van der Waals surface area (Å²) in [5.41, 5.74) is 0.679. The van der Waals surface area contributed by atoms with E-state index in [1.807, 2.05) is 30.3 Å². The Labute approximate surface area is 138 Å². The van der Waals surface area contributed by atoms with Crippen molar-refractivity contribution in [2.45, 2.75) is 10.3 Å². The molecule has 0 unspecified atom stereocenters. The number of thioether (sulfide) groups is 1. The topological polar surface area (TPSA) is 80.5 Å². The first kappa shape index (κ1) is 16.0. The Morgan fingerprint density at radius 1 is 1.13 bits per heavy atom. The maximum absolute atomic E-state index is 12.9. The Kier molecular flexibility index (Phi) is 4.38. The van der Waals surface area contributed by atoms with Gasteiger partial charge in [0.2, 0.25) is 10.0 Å². The van der Waals surface area contributed by atoms with Crippen LogP contribution in [0.4, 0.5) is 5.69 Å². The molecule has 1 aliphatic rings. The normalized spacial score (nSPS) is 18.9. The molecule has 0 amide bonds. The van der Waals surface area contributed by atoms with Gasteiger partial charge >= 0.3 is 0 Å². The lowest BCUT2D eigenvalue weighted by molar-refractivity contribution is -0.385. The summed E-state index contributed by atoms with van der Waals surface area (Å²) < 4.78 is 27.2. The van der Waals surface area contributed by atoms with Crippen molar-refractivity contribution < 1.29 is 13.3 Å². The van der Waals surface area contributed by atoms with Crippen LogP contribution in [-0.2, 0) is 10.0 Å². The second-order valence-corrected chi connectivity index (χ2v) is 8.08. The van der Waals surface area contributed by atoms with Crippen LogP contribution < -0.4 is 0 Å². The molecule has 2 aromatic carbocycles. The van der Waals surface area contributed by atoms with E-state index in [-0.39, 0.29) is 16.0 Å². The molecule has 1 heterocycles. The highest BCUT2D eigenvalue weighted by molar-refractivity contribution is 8.01. The summed E-state index contributed by atoms with van der Waals surface area (Å²) in [6.45, 7) is 0.384. The first-order chi connectivity index (χ1) is 11.0. The molecule has 8 heteroatoms. The summed E-state index contributed by atoms with van der Waals surface area (Å²) in [7, 11) is -3.78. The summed E-state index contributed by atoms with van der Waals surface area (Å²) in [5, 5.41) is 10.6. The number of nitrogens with zero attached hydrogens (tertiary/aromatic N) is 2. The number of sulfonamides is 1. The van der Waals surface area contributed by atoms with Gasteiger partial charge in [-0.15, -0.1) is 11.8 Å². The molecule has 0 bridgehead atoms. The van der Waals surface area contributed by atoms with E-state index in [0.29, 0.717) is 12.3 Å². The number of hydrogen-bond acceptors (Lipinski definition) is 5. The summed E-state index contributed by atoms with van der Waals surface area (Å²) in [4.78, 5) is 10.2. The molecule has 1 atom stereocenters. The molecule has 0 radical (unpaired) electrons. The molecule has 0 aliphatic carbocycles. The first-order valence-electron chi connectivity index (χ1n) is 6.93. The molecular weight excluding hydrogens is 336 g/mol. The molecule has 1 fully saturated rings. The second kappa shape index (κ2) is 6.31. The molecule has 0 spiro atoms. The van der Waals surface area contributed by atoms with Gasteiger partial charge in [-0.2, -0.15) is 4.31 Å². The maximum Gasteiger partial charge on any atom is 0.270 e. The number of benzene rings is 2. The first-order valence-corrected chi connectivity index (χ1v) is 9.42. The van der Waals surface area contributed by atoms with E-state index in [4.69, 9.17) is 0 Å². The monoisotopic (exact) mass is 350 g/mol. The van der Waals surface area contributed by atoms with E-state index in [1.165, 1.54) is 22.5 Å². The third-order valence-electron chi connectivity index (χ3n) is 3.57. The number of rotatable bonds is 4. The summed E-state index contributed by atoms with van der Waals surface area (Å²) in [6, 6.07) is 14.6. The molecule has 0 aromatic heterocycles. The van der Waals surface area contributed by atoms with Gasteiger partial charge in [0.1, 0.15) is 0 Å². The lowest BCUT2D eigenvalue weighted by Gasteiger charge is -2.23. The van der Waals surface area contributed by atoms with Gasteiger partial charge in [-0.1, -0.05) is 36.4 Å². The largest absolute Gasteiger partial charge is 0.270 e. The number of nitro benzene ring substituents is 1. The highest BCUT2D eigenvalue weighted by atomic mass is 32.2. The van der Waals surface area contributed by atoms with Crippen LogP contribution in [0.2, 0.25) is 0 Å². The third-order valence-corrected chi connectivity index (χ3v) is 6.82. The van der Waals surface area contributed by atoms with Gasteiger partial charge in [0.05, 0.1) is 15.2 Å². The highest BCUT2D eigenvalue weighted by Crippen LogP contribution is 2.41. The number of hydrogen-bond donors (Lipinski definition) is 0. The van der Waals surface area contributed by atoms with Crippen molar-refractivity contribution >= 4 is 27.5 Å². The predicted molar refractivity (Wildman–Crippen MR) is 88.6 cm³/mol. The Morgan fingerprint density at radius 2 is 1.87 bits per heavy atom. The molecule has 120 valence electrons. The minimum atomic E-state index is -3.78. The Morgan fingerprint density at radius 3 is 2.57 bits per heavy atom. The lowest BCUT2D eigenvalue weighted by Crippen LogP contribution is -2.30. The quantitative estimate of drug-likeness (QED) is 0.625. The van der Waals surface area contributed by atoms with Crippen LogP contribution in [0, 0.1) is 10.1 Å². The van der Waals surface area contributed by atoms with Gasteiger partial charge < -0.3 is 0 Å². The van der Waals surface area contributed by atoms with Crippen LogP contribution in [0.15, 0.2) is 59.5 Å². The van der Waals surface area contributed by atoms with Gasteiger partial charge in [-0.3, -0.25) is 10.1 Å². The van der Waals surface area contributed by atoms with E-state index in [9.17, 15) is 18.5 Å². The van der Waals surface area contributed by atoms with E-state index in [2.05, 4.69) is 0 Å². The van der Waals surface area contributed by atoms with Crippen molar-refractivity contribution in [2.75, 3.05) is 12.3 Å². The van der Waals surface area contributed by atoms with Crippen LogP contribution in [0.3, 0.4) is 0 Å². The zero-order valence-corrected chi connectivity index (χ0v) is 13.7. The lowest BCUT2D eigenvalue weighted by atomic mass is 10.2. The van der Waals surface area contributed by atoms with Crippen molar-refractivity contribution in [1.82, 2.24) is 4.31 Å². The summed E-state index contributed by atoms with van der Waals surface area (Å²) in [5.74, 6) is 0.688. The van der Waals surface area contributed by atoms with Gasteiger partial charge in [0, 0.05) is 24.4 Å². The van der Waals surface area contributed by atoms with Gasteiger partial charge in [-0.25, -0.2) is 8.42 Å². The van der Waals surface area contributed by atoms with Crippen LogP contribution >= 0.6 is 11.8 Å². The Balaban J connectivity index is 1.99. The molecule has 0 N–H and O–H groups in total. The smallest absolute Gasteiger partial charge is 0.258 e. The van der Waals surface area contributed by atoms with Crippen LogP contribution in [0.5, 0.6) is 0 Å².